The van der Waals surface area contributed by atoms with Gasteiger partial charge in [0.25, 0.3) is 0 Å². The zero-order chi connectivity index (χ0) is 17.3. The lowest BCUT2D eigenvalue weighted by Crippen LogP contribution is -2.35. The molecule has 126 valence electrons. The summed E-state index contributed by atoms with van der Waals surface area (Å²) in [5.41, 5.74) is 0.427. The number of thiazole rings is 1. The molecule has 1 aromatic heterocycles. The Morgan fingerprint density at radius 2 is 2.25 bits per heavy atom. The Balaban J connectivity index is 1.67. The summed E-state index contributed by atoms with van der Waals surface area (Å²) in [6, 6.07) is 6.16. The topological polar surface area (TPSA) is 70.5 Å². The summed E-state index contributed by atoms with van der Waals surface area (Å²) >= 11 is 1.36. The Bertz CT molecular complexity index is 792. The average molecular weight is 348 g/mol. The first kappa shape index (κ1) is 16.6. The van der Waals surface area contributed by atoms with Gasteiger partial charge in [0, 0.05) is 24.0 Å². The van der Waals surface area contributed by atoms with Crippen molar-refractivity contribution in [3.8, 4) is 10.6 Å². The van der Waals surface area contributed by atoms with Crippen molar-refractivity contribution in [2.45, 2.75) is 19.8 Å². The van der Waals surface area contributed by atoms with Gasteiger partial charge in [0.15, 0.2) is 0 Å². The second-order valence-electron chi connectivity index (χ2n) is 6.26. The summed E-state index contributed by atoms with van der Waals surface area (Å²) in [6.07, 6.45) is 0.585. The molecule has 1 aliphatic heterocycles. The van der Waals surface area contributed by atoms with Crippen LogP contribution in [0.15, 0.2) is 29.6 Å². The van der Waals surface area contributed by atoms with E-state index in [-0.39, 0.29) is 24.7 Å². The van der Waals surface area contributed by atoms with Crippen LogP contribution in [-0.4, -0.2) is 40.0 Å². The van der Waals surface area contributed by atoms with Crippen LogP contribution in [0.1, 0.15) is 19.0 Å². The van der Waals surface area contributed by atoms with Crippen LogP contribution >= 0.6 is 11.3 Å². The first-order chi connectivity index (χ1) is 11.4. The van der Waals surface area contributed by atoms with E-state index in [2.05, 4.69) is 4.98 Å². The minimum atomic E-state index is -0.875. The van der Waals surface area contributed by atoms with Crippen molar-refractivity contribution >= 4 is 23.2 Å². The Morgan fingerprint density at radius 3 is 2.92 bits per heavy atom. The number of aliphatic carboxylic acids is 1. The second kappa shape index (κ2) is 6.32. The van der Waals surface area contributed by atoms with Crippen molar-refractivity contribution in [1.29, 1.82) is 0 Å². The van der Waals surface area contributed by atoms with Gasteiger partial charge in [-0.25, -0.2) is 9.37 Å². The van der Waals surface area contributed by atoms with Gasteiger partial charge < -0.3 is 10.0 Å². The zero-order valence-electron chi connectivity index (χ0n) is 13.2. The summed E-state index contributed by atoms with van der Waals surface area (Å²) in [7, 11) is 0. The molecule has 24 heavy (non-hydrogen) atoms. The number of rotatable bonds is 4. The summed E-state index contributed by atoms with van der Waals surface area (Å²) in [6.45, 7) is 2.33. The molecule has 0 saturated carbocycles. The fourth-order valence-corrected chi connectivity index (χ4v) is 3.57. The molecule has 7 heteroatoms. The second-order valence-corrected chi connectivity index (χ2v) is 7.12. The molecule has 2 heterocycles. The number of likely N-dealkylation sites (tertiary alicyclic amines) is 1. The SMILES string of the molecule is CC1(C(=O)O)CCN(C(=O)Cc2csc(-c3cccc(F)c3)n2)C1. The van der Waals surface area contributed by atoms with Crippen LogP contribution in [0.2, 0.25) is 0 Å². The lowest BCUT2D eigenvalue weighted by atomic mass is 9.90. The predicted molar refractivity (Wildman–Crippen MR) is 88.2 cm³/mol. The highest BCUT2D eigenvalue weighted by Gasteiger charge is 2.42. The monoisotopic (exact) mass is 348 g/mol. The first-order valence-corrected chi connectivity index (χ1v) is 8.47. The van der Waals surface area contributed by atoms with Gasteiger partial charge in [-0.15, -0.1) is 11.3 Å². The molecule has 0 aliphatic carbocycles. The van der Waals surface area contributed by atoms with Gasteiger partial charge in [-0.05, 0) is 25.5 Å². The molecule has 1 atom stereocenters. The Morgan fingerprint density at radius 1 is 1.46 bits per heavy atom. The van der Waals surface area contributed by atoms with Gasteiger partial charge in [0.1, 0.15) is 10.8 Å². The Kier molecular flexibility index (Phi) is 4.36. The Hall–Kier alpha value is -2.28. The van der Waals surface area contributed by atoms with E-state index >= 15 is 0 Å². The Labute approximate surface area is 142 Å². The molecule has 2 aromatic rings. The molecule has 1 aliphatic rings. The van der Waals surface area contributed by atoms with E-state index in [0.717, 1.165) is 0 Å². The highest BCUT2D eigenvalue weighted by atomic mass is 32.1. The number of hydrogen-bond donors (Lipinski definition) is 1. The lowest BCUT2D eigenvalue weighted by Gasteiger charge is -2.19. The minimum Gasteiger partial charge on any atom is -0.481 e. The van der Waals surface area contributed by atoms with Crippen LogP contribution in [0.25, 0.3) is 10.6 Å². The van der Waals surface area contributed by atoms with Crippen LogP contribution in [0, 0.1) is 11.2 Å². The number of carbonyl (C=O) groups is 2. The van der Waals surface area contributed by atoms with Crippen molar-refractivity contribution < 1.29 is 19.1 Å². The largest absolute Gasteiger partial charge is 0.481 e. The van der Waals surface area contributed by atoms with Gasteiger partial charge in [-0.3, -0.25) is 9.59 Å². The molecular formula is C17H17FN2O3S. The first-order valence-electron chi connectivity index (χ1n) is 7.59. The number of amides is 1. The number of carboxylic acids is 1. The van der Waals surface area contributed by atoms with Gasteiger partial charge >= 0.3 is 5.97 Å². The van der Waals surface area contributed by atoms with E-state index < -0.39 is 11.4 Å². The molecule has 0 radical (unpaired) electrons. The van der Waals surface area contributed by atoms with Gasteiger partial charge in [0.05, 0.1) is 17.5 Å². The van der Waals surface area contributed by atoms with Crippen LogP contribution < -0.4 is 0 Å². The van der Waals surface area contributed by atoms with Gasteiger partial charge in [-0.1, -0.05) is 12.1 Å². The third-order valence-corrected chi connectivity index (χ3v) is 5.24. The maximum absolute atomic E-state index is 13.3. The van der Waals surface area contributed by atoms with Crippen LogP contribution in [0.3, 0.4) is 0 Å². The third kappa shape index (κ3) is 3.31. The molecule has 1 saturated heterocycles. The number of carboxylic acid groups (broad SMARTS) is 1. The maximum atomic E-state index is 13.3. The van der Waals surface area contributed by atoms with E-state index in [4.69, 9.17) is 0 Å². The predicted octanol–water partition coefficient (Wildman–Crippen LogP) is 2.81. The highest BCUT2D eigenvalue weighted by molar-refractivity contribution is 7.13. The minimum absolute atomic E-state index is 0.127. The van der Waals surface area contributed by atoms with Crippen LogP contribution in [0.5, 0.6) is 0 Å². The van der Waals surface area contributed by atoms with Crippen molar-refractivity contribution in [3.63, 3.8) is 0 Å². The fraction of sp³-hybridized carbons (Fsp3) is 0.353. The molecular weight excluding hydrogens is 331 g/mol. The standard InChI is InChI=1S/C17H17FN2O3S/c1-17(16(22)23)5-6-20(10-17)14(21)8-13-9-24-15(19-13)11-3-2-4-12(18)7-11/h2-4,7,9H,5-6,8,10H2,1H3,(H,22,23). The summed E-state index contributed by atoms with van der Waals surface area (Å²) < 4.78 is 13.3. The molecule has 0 spiro atoms. The van der Waals surface area contributed by atoms with E-state index in [1.165, 1.54) is 23.5 Å². The maximum Gasteiger partial charge on any atom is 0.311 e. The molecule has 1 amide bonds. The molecule has 1 fully saturated rings. The smallest absolute Gasteiger partial charge is 0.311 e. The zero-order valence-corrected chi connectivity index (χ0v) is 14.0. The van der Waals surface area contributed by atoms with Crippen molar-refractivity contribution in [1.82, 2.24) is 9.88 Å². The van der Waals surface area contributed by atoms with Crippen LogP contribution in [-0.2, 0) is 16.0 Å². The number of hydrogen-bond acceptors (Lipinski definition) is 4. The van der Waals surface area contributed by atoms with Crippen molar-refractivity contribution in [3.05, 3.63) is 41.2 Å². The third-order valence-electron chi connectivity index (χ3n) is 4.30. The summed E-state index contributed by atoms with van der Waals surface area (Å²) in [5.74, 6) is -1.33. The van der Waals surface area contributed by atoms with Crippen molar-refractivity contribution in [2.75, 3.05) is 13.1 Å². The normalized spacial score (nSPS) is 20.3. The molecule has 1 unspecified atom stereocenters. The lowest BCUT2D eigenvalue weighted by molar-refractivity contribution is -0.147. The fourth-order valence-electron chi connectivity index (χ4n) is 2.76. The van der Waals surface area contributed by atoms with E-state index in [1.807, 2.05) is 0 Å². The quantitative estimate of drug-likeness (QED) is 0.922. The van der Waals surface area contributed by atoms with Crippen LogP contribution in [0.4, 0.5) is 4.39 Å². The number of halogens is 1. The summed E-state index contributed by atoms with van der Waals surface area (Å²) in [5, 5.41) is 11.7. The number of aromatic nitrogens is 1. The van der Waals surface area contributed by atoms with Gasteiger partial charge in [0.2, 0.25) is 5.91 Å². The number of benzene rings is 1. The highest BCUT2D eigenvalue weighted by Crippen LogP contribution is 2.31. The van der Waals surface area contributed by atoms with E-state index in [9.17, 15) is 19.1 Å². The number of nitrogens with zero attached hydrogens (tertiary/aromatic N) is 2. The molecule has 1 aromatic carbocycles. The molecule has 0 bridgehead atoms. The van der Waals surface area contributed by atoms with Crippen molar-refractivity contribution in [2.24, 2.45) is 5.41 Å². The molecule has 3 rings (SSSR count). The van der Waals surface area contributed by atoms with E-state index in [1.54, 1.807) is 29.3 Å². The van der Waals surface area contributed by atoms with Gasteiger partial charge in [-0.2, -0.15) is 0 Å². The molecule has 5 nitrogen and oxygen atoms in total. The number of carbonyl (C=O) groups excluding carboxylic acids is 1. The summed E-state index contributed by atoms with van der Waals surface area (Å²) in [4.78, 5) is 29.6. The average Bonchev–Trinajstić information content (AvgIpc) is 3.15. The molecule has 1 N–H and O–H groups in total. The van der Waals surface area contributed by atoms with E-state index in [0.29, 0.717) is 29.2 Å².